The van der Waals surface area contributed by atoms with Gasteiger partial charge in [0.25, 0.3) is 0 Å². The minimum atomic E-state index is 0.721. The predicted molar refractivity (Wildman–Crippen MR) is 114 cm³/mol. The summed E-state index contributed by atoms with van der Waals surface area (Å²) < 4.78 is 5.20. The summed E-state index contributed by atoms with van der Waals surface area (Å²) in [5, 5.41) is 0. The van der Waals surface area contributed by atoms with Gasteiger partial charge in [0.15, 0.2) is 0 Å². The SMILES string of the molecule is COCc1ccc(CCC2CCC(C3CCC(/C=C/Br)CC3)CC2)cc1. The Morgan fingerprint density at radius 1 is 0.885 bits per heavy atom. The molecule has 0 atom stereocenters. The van der Waals surface area contributed by atoms with Crippen LogP contribution in [0.15, 0.2) is 35.3 Å². The standard InChI is InChI=1S/C24H35BrO/c1-26-18-22-6-4-19(5-7-22)2-3-20-8-12-23(13-9-20)24-14-10-21(11-15-24)16-17-25/h4-7,16-17,20-21,23-24H,2-3,8-15,18H2,1H3/b17-16+. The van der Waals surface area contributed by atoms with Gasteiger partial charge in [-0.05, 0) is 91.2 Å². The highest BCUT2D eigenvalue weighted by atomic mass is 79.9. The lowest BCUT2D eigenvalue weighted by Crippen LogP contribution is -2.25. The first kappa shape index (κ1) is 20.1. The number of methoxy groups -OCH3 is 1. The molecule has 0 amide bonds. The second kappa shape index (κ2) is 10.7. The van der Waals surface area contributed by atoms with E-state index in [1.54, 1.807) is 7.11 Å². The van der Waals surface area contributed by atoms with Gasteiger partial charge < -0.3 is 4.74 Å². The fraction of sp³-hybridized carbons (Fsp3) is 0.667. The molecule has 26 heavy (non-hydrogen) atoms. The molecule has 3 rings (SSSR count). The maximum absolute atomic E-state index is 5.20. The Morgan fingerprint density at radius 2 is 1.46 bits per heavy atom. The van der Waals surface area contributed by atoms with E-state index in [9.17, 15) is 0 Å². The Morgan fingerprint density at radius 3 is 2.04 bits per heavy atom. The van der Waals surface area contributed by atoms with Gasteiger partial charge in [-0.15, -0.1) is 0 Å². The fourth-order valence-electron chi connectivity index (χ4n) is 5.20. The van der Waals surface area contributed by atoms with Crippen LogP contribution in [0, 0.1) is 23.7 Å². The van der Waals surface area contributed by atoms with Crippen molar-refractivity contribution in [1.82, 2.24) is 0 Å². The van der Waals surface area contributed by atoms with Crippen molar-refractivity contribution in [2.24, 2.45) is 23.7 Å². The van der Waals surface area contributed by atoms with Gasteiger partial charge >= 0.3 is 0 Å². The lowest BCUT2D eigenvalue weighted by molar-refractivity contribution is 0.153. The monoisotopic (exact) mass is 418 g/mol. The lowest BCUT2D eigenvalue weighted by Gasteiger charge is -2.37. The predicted octanol–water partition coefficient (Wildman–Crippen LogP) is 7.29. The summed E-state index contributed by atoms with van der Waals surface area (Å²) in [6, 6.07) is 9.02. The van der Waals surface area contributed by atoms with Crippen LogP contribution in [-0.4, -0.2) is 7.11 Å². The summed E-state index contributed by atoms with van der Waals surface area (Å²) in [4.78, 5) is 2.06. The number of hydrogen-bond acceptors (Lipinski definition) is 1. The molecule has 1 nitrogen and oxygen atoms in total. The van der Waals surface area contributed by atoms with Crippen molar-refractivity contribution in [2.75, 3.05) is 7.11 Å². The molecule has 0 aromatic heterocycles. The van der Waals surface area contributed by atoms with Crippen LogP contribution < -0.4 is 0 Å². The Hall–Kier alpha value is -0.600. The van der Waals surface area contributed by atoms with Gasteiger partial charge in [-0.25, -0.2) is 0 Å². The van der Waals surface area contributed by atoms with Crippen molar-refractivity contribution in [3.05, 3.63) is 46.5 Å². The van der Waals surface area contributed by atoms with Crippen LogP contribution in [0.2, 0.25) is 0 Å². The molecule has 2 fully saturated rings. The van der Waals surface area contributed by atoms with Gasteiger partial charge in [-0.2, -0.15) is 0 Å². The highest BCUT2D eigenvalue weighted by Crippen LogP contribution is 2.42. The maximum Gasteiger partial charge on any atom is 0.0713 e. The highest BCUT2D eigenvalue weighted by Gasteiger charge is 2.30. The Kier molecular flexibility index (Phi) is 8.26. The molecule has 1 aromatic carbocycles. The van der Waals surface area contributed by atoms with E-state index in [2.05, 4.69) is 51.3 Å². The molecule has 144 valence electrons. The molecule has 2 aliphatic rings. The van der Waals surface area contributed by atoms with Crippen molar-refractivity contribution in [3.8, 4) is 0 Å². The third-order valence-corrected chi connectivity index (χ3v) is 7.20. The van der Waals surface area contributed by atoms with Gasteiger partial charge in [-0.1, -0.05) is 59.1 Å². The Bertz CT molecular complexity index is 534. The molecule has 0 bridgehead atoms. The minimum Gasteiger partial charge on any atom is -0.380 e. The summed E-state index contributed by atoms with van der Waals surface area (Å²) in [7, 11) is 1.76. The molecule has 0 saturated heterocycles. The van der Waals surface area contributed by atoms with Crippen LogP contribution in [-0.2, 0) is 17.8 Å². The Balaban J connectivity index is 1.36. The molecule has 2 saturated carbocycles. The largest absolute Gasteiger partial charge is 0.380 e. The van der Waals surface area contributed by atoms with Crippen LogP contribution in [0.1, 0.15) is 68.9 Å². The fourth-order valence-corrected chi connectivity index (χ4v) is 5.63. The molecule has 2 aliphatic carbocycles. The van der Waals surface area contributed by atoms with Crippen LogP contribution in [0.3, 0.4) is 0 Å². The van der Waals surface area contributed by atoms with E-state index < -0.39 is 0 Å². The van der Waals surface area contributed by atoms with E-state index in [1.807, 2.05) is 0 Å². The van der Waals surface area contributed by atoms with E-state index in [0.29, 0.717) is 0 Å². The Labute approximate surface area is 168 Å². The molecule has 0 unspecified atom stereocenters. The minimum absolute atomic E-state index is 0.721. The first-order valence-corrected chi connectivity index (χ1v) is 11.5. The first-order valence-electron chi connectivity index (χ1n) is 10.6. The smallest absolute Gasteiger partial charge is 0.0713 e. The highest BCUT2D eigenvalue weighted by molar-refractivity contribution is 9.11. The maximum atomic E-state index is 5.20. The first-order chi connectivity index (χ1) is 12.8. The second-order valence-electron chi connectivity index (χ2n) is 8.56. The summed E-state index contributed by atoms with van der Waals surface area (Å²) in [6.07, 6.45) is 16.6. The third-order valence-electron chi connectivity index (χ3n) is 6.89. The summed E-state index contributed by atoms with van der Waals surface area (Å²) >= 11 is 3.44. The van der Waals surface area contributed by atoms with Gasteiger partial charge in [0.1, 0.15) is 0 Å². The number of benzene rings is 1. The van der Waals surface area contributed by atoms with Crippen LogP contribution in [0.4, 0.5) is 0 Å². The zero-order chi connectivity index (χ0) is 18.2. The molecule has 1 aromatic rings. The average molecular weight is 419 g/mol. The molecular formula is C24H35BrO. The lowest BCUT2D eigenvalue weighted by atomic mass is 9.68. The van der Waals surface area contributed by atoms with E-state index >= 15 is 0 Å². The van der Waals surface area contributed by atoms with Crippen LogP contribution in [0.25, 0.3) is 0 Å². The van der Waals surface area contributed by atoms with E-state index in [-0.39, 0.29) is 0 Å². The third kappa shape index (κ3) is 5.96. The van der Waals surface area contributed by atoms with Gasteiger partial charge in [0.2, 0.25) is 0 Å². The number of ether oxygens (including phenoxy) is 1. The molecule has 0 aliphatic heterocycles. The van der Waals surface area contributed by atoms with Gasteiger partial charge in [0, 0.05) is 7.11 Å². The molecule has 0 radical (unpaired) electrons. The number of hydrogen-bond donors (Lipinski definition) is 0. The average Bonchev–Trinajstić information content (AvgIpc) is 2.69. The molecule has 0 heterocycles. The summed E-state index contributed by atoms with van der Waals surface area (Å²) in [6.45, 7) is 0.721. The van der Waals surface area contributed by atoms with Crippen molar-refractivity contribution < 1.29 is 4.74 Å². The molecule has 0 N–H and O–H groups in total. The van der Waals surface area contributed by atoms with E-state index in [4.69, 9.17) is 4.74 Å². The molecule has 0 spiro atoms. The zero-order valence-electron chi connectivity index (χ0n) is 16.3. The van der Waals surface area contributed by atoms with Crippen LogP contribution in [0.5, 0.6) is 0 Å². The van der Waals surface area contributed by atoms with Crippen molar-refractivity contribution >= 4 is 15.9 Å². The van der Waals surface area contributed by atoms with Crippen LogP contribution >= 0.6 is 15.9 Å². The topological polar surface area (TPSA) is 9.23 Å². The second-order valence-corrected chi connectivity index (χ2v) is 9.09. The summed E-state index contributed by atoms with van der Waals surface area (Å²) in [5.41, 5.74) is 2.77. The number of aryl methyl sites for hydroxylation is 1. The van der Waals surface area contributed by atoms with Gasteiger partial charge in [0.05, 0.1) is 6.61 Å². The van der Waals surface area contributed by atoms with Gasteiger partial charge in [-0.3, -0.25) is 0 Å². The zero-order valence-corrected chi connectivity index (χ0v) is 17.9. The van der Waals surface area contributed by atoms with Crippen molar-refractivity contribution in [2.45, 2.75) is 70.8 Å². The van der Waals surface area contributed by atoms with Crippen molar-refractivity contribution in [3.63, 3.8) is 0 Å². The van der Waals surface area contributed by atoms with E-state index in [0.717, 1.165) is 30.3 Å². The normalized spacial score (nSPS) is 29.9. The molecular weight excluding hydrogens is 384 g/mol. The number of halogens is 1. The number of rotatable bonds is 7. The van der Waals surface area contributed by atoms with Crippen molar-refractivity contribution in [1.29, 1.82) is 0 Å². The quantitative estimate of drug-likeness (QED) is 0.451. The van der Waals surface area contributed by atoms with E-state index in [1.165, 1.54) is 75.3 Å². The summed E-state index contributed by atoms with van der Waals surface area (Å²) in [5.74, 6) is 3.83. The molecule has 2 heteroatoms. The number of allylic oxidation sites excluding steroid dienone is 1.